The zero-order valence-electron chi connectivity index (χ0n) is 9.96. The van der Waals surface area contributed by atoms with Crippen molar-refractivity contribution in [1.29, 1.82) is 0 Å². The highest BCUT2D eigenvalue weighted by atomic mass is 15.1. The van der Waals surface area contributed by atoms with Crippen LogP contribution >= 0.6 is 0 Å². The zero-order valence-corrected chi connectivity index (χ0v) is 9.96. The molecule has 0 heterocycles. The van der Waals surface area contributed by atoms with Crippen molar-refractivity contribution < 1.29 is 0 Å². The largest absolute Gasteiger partial charge is 0.378 e. The SMILES string of the molecule is CCc1cc(N(C)C)ccc1C(C)C. The number of anilines is 1. The summed E-state index contributed by atoms with van der Waals surface area (Å²) in [4.78, 5) is 2.16. The predicted octanol–water partition coefficient (Wildman–Crippen LogP) is 3.44. The van der Waals surface area contributed by atoms with Crippen LogP contribution in [0.2, 0.25) is 0 Å². The summed E-state index contributed by atoms with van der Waals surface area (Å²) < 4.78 is 0. The number of hydrogen-bond acceptors (Lipinski definition) is 1. The van der Waals surface area contributed by atoms with Crippen molar-refractivity contribution in [2.45, 2.75) is 33.1 Å². The average molecular weight is 191 g/mol. The highest BCUT2D eigenvalue weighted by molar-refractivity contribution is 5.50. The summed E-state index contributed by atoms with van der Waals surface area (Å²) in [5, 5.41) is 0. The van der Waals surface area contributed by atoms with E-state index in [2.05, 4.69) is 58.0 Å². The van der Waals surface area contributed by atoms with Crippen LogP contribution in [0.3, 0.4) is 0 Å². The summed E-state index contributed by atoms with van der Waals surface area (Å²) in [6.45, 7) is 6.73. The molecule has 1 aromatic carbocycles. The Labute approximate surface area is 87.7 Å². The van der Waals surface area contributed by atoms with E-state index in [0.717, 1.165) is 6.42 Å². The fourth-order valence-electron chi connectivity index (χ4n) is 1.74. The molecule has 0 fully saturated rings. The molecule has 0 amide bonds. The maximum absolute atomic E-state index is 2.30. The summed E-state index contributed by atoms with van der Waals surface area (Å²) in [6, 6.07) is 6.77. The molecule has 14 heavy (non-hydrogen) atoms. The lowest BCUT2D eigenvalue weighted by atomic mass is 9.95. The average Bonchev–Trinajstić information content (AvgIpc) is 2.16. The van der Waals surface area contributed by atoms with Crippen LogP contribution in [0.15, 0.2) is 18.2 Å². The summed E-state index contributed by atoms with van der Waals surface area (Å²) in [6.07, 6.45) is 1.12. The fraction of sp³-hybridized carbons (Fsp3) is 0.538. The van der Waals surface area contributed by atoms with Crippen molar-refractivity contribution in [1.82, 2.24) is 0 Å². The van der Waals surface area contributed by atoms with Gasteiger partial charge in [-0.05, 0) is 35.6 Å². The molecule has 0 aromatic heterocycles. The normalized spacial score (nSPS) is 10.7. The minimum atomic E-state index is 0.626. The lowest BCUT2D eigenvalue weighted by molar-refractivity contribution is 0.843. The Bertz CT molecular complexity index is 300. The van der Waals surface area contributed by atoms with Crippen LogP contribution in [0.25, 0.3) is 0 Å². The van der Waals surface area contributed by atoms with Crippen molar-refractivity contribution in [3.8, 4) is 0 Å². The van der Waals surface area contributed by atoms with Gasteiger partial charge in [0.25, 0.3) is 0 Å². The van der Waals surface area contributed by atoms with Crippen LogP contribution in [0.4, 0.5) is 5.69 Å². The van der Waals surface area contributed by atoms with Gasteiger partial charge in [-0.3, -0.25) is 0 Å². The van der Waals surface area contributed by atoms with E-state index >= 15 is 0 Å². The van der Waals surface area contributed by atoms with Crippen LogP contribution in [0, 0.1) is 0 Å². The van der Waals surface area contributed by atoms with Gasteiger partial charge in [-0.15, -0.1) is 0 Å². The van der Waals surface area contributed by atoms with Crippen molar-refractivity contribution in [2.75, 3.05) is 19.0 Å². The maximum Gasteiger partial charge on any atom is 0.0363 e. The van der Waals surface area contributed by atoms with E-state index in [4.69, 9.17) is 0 Å². The molecular formula is C13H21N. The van der Waals surface area contributed by atoms with E-state index in [9.17, 15) is 0 Å². The first-order valence-electron chi connectivity index (χ1n) is 5.36. The number of rotatable bonds is 3. The Kier molecular flexibility index (Phi) is 3.56. The van der Waals surface area contributed by atoms with E-state index in [1.165, 1.54) is 16.8 Å². The second-order valence-electron chi connectivity index (χ2n) is 4.29. The standard InChI is InChI=1S/C13H21N/c1-6-11-9-12(14(4)5)7-8-13(11)10(2)3/h7-10H,6H2,1-5H3. The smallest absolute Gasteiger partial charge is 0.0363 e. The van der Waals surface area contributed by atoms with Gasteiger partial charge in [-0.25, -0.2) is 0 Å². The Hall–Kier alpha value is -0.980. The topological polar surface area (TPSA) is 3.24 Å². The van der Waals surface area contributed by atoms with Crippen LogP contribution in [0.1, 0.15) is 37.8 Å². The molecule has 1 heteroatoms. The van der Waals surface area contributed by atoms with Crippen LogP contribution in [0.5, 0.6) is 0 Å². The molecule has 0 saturated carbocycles. The van der Waals surface area contributed by atoms with Gasteiger partial charge in [0.05, 0.1) is 0 Å². The molecule has 0 atom stereocenters. The number of aryl methyl sites for hydroxylation is 1. The fourth-order valence-corrected chi connectivity index (χ4v) is 1.74. The molecule has 0 aliphatic rings. The number of hydrogen-bond donors (Lipinski definition) is 0. The molecule has 0 unspecified atom stereocenters. The Morgan fingerprint density at radius 2 is 1.86 bits per heavy atom. The Morgan fingerprint density at radius 1 is 1.21 bits per heavy atom. The van der Waals surface area contributed by atoms with E-state index in [1.54, 1.807) is 0 Å². The van der Waals surface area contributed by atoms with Crippen LogP contribution in [-0.4, -0.2) is 14.1 Å². The van der Waals surface area contributed by atoms with Crippen molar-refractivity contribution in [3.63, 3.8) is 0 Å². The second kappa shape index (κ2) is 4.50. The molecule has 78 valence electrons. The lowest BCUT2D eigenvalue weighted by Crippen LogP contribution is -2.09. The molecule has 0 aliphatic carbocycles. The lowest BCUT2D eigenvalue weighted by Gasteiger charge is -2.17. The molecule has 1 rings (SSSR count). The van der Waals surface area contributed by atoms with Gasteiger partial charge in [0.2, 0.25) is 0 Å². The molecule has 1 aromatic rings. The monoisotopic (exact) mass is 191 g/mol. The second-order valence-corrected chi connectivity index (χ2v) is 4.29. The third kappa shape index (κ3) is 2.28. The van der Waals surface area contributed by atoms with Gasteiger partial charge in [0.1, 0.15) is 0 Å². The summed E-state index contributed by atoms with van der Waals surface area (Å²) in [7, 11) is 4.17. The summed E-state index contributed by atoms with van der Waals surface area (Å²) >= 11 is 0. The molecule has 0 bridgehead atoms. The first kappa shape index (κ1) is 11.1. The first-order chi connectivity index (χ1) is 6.56. The van der Waals surface area contributed by atoms with Crippen molar-refractivity contribution >= 4 is 5.69 Å². The van der Waals surface area contributed by atoms with Gasteiger partial charge in [-0.1, -0.05) is 26.8 Å². The molecule has 0 N–H and O–H groups in total. The van der Waals surface area contributed by atoms with Gasteiger partial charge in [0, 0.05) is 19.8 Å². The number of benzene rings is 1. The highest BCUT2D eigenvalue weighted by Gasteiger charge is 2.06. The van der Waals surface area contributed by atoms with E-state index in [-0.39, 0.29) is 0 Å². The van der Waals surface area contributed by atoms with Crippen LogP contribution in [-0.2, 0) is 6.42 Å². The third-order valence-electron chi connectivity index (χ3n) is 2.65. The molecule has 0 aliphatic heterocycles. The molecule has 0 saturated heterocycles. The molecule has 0 spiro atoms. The van der Waals surface area contributed by atoms with E-state index in [0.29, 0.717) is 5.92 Å². The summed E-state index contributed by atoms with van der Waals surface area (Å²) in [5.74, 6) is 0.626. The molecular weight excluding hydrogens is 170 g/mol. The van der Waals surface area contributed by atoms with Gasteiger partial charge in [-0.2, -0.15) is 0 Å². The van der Waals surface area contributed by atoms with Crippen LogP contribution < -0.4 is 4.90 Å². The maximum atomic E-state index is 2.30. The van der Waals surface area contributed by atoms with Crippen molar-refractivity contribution in [3.05, 3.63) is 29.3 Å². The highest BCUT2D eigenvalue weighted by Crippen LogP contribution is 2.24. The predicted molar refractivity (Wildman–Crippen MR) is 64.2 cm³/mol. The number of nitrogens with zero attached hydrogens (tertiary/aromatic N) is 1. The first-order valence-corrected chi connectivity index (χ1v) is 5.36. The Balaban J connectivity index is 3.11. The molecule has 0 radical (unpaired) electrons. The minimum absolute atomic E-state index is 0.626. The minimum Gasteiger partial charge on any atom is -0.378 e. The van der Waals surface area contributed by atoms with E-state index < -0.39 is 0 Å². The van der Waals surface area contributed by atoms with Gasteiger partial charge in [0.15, 0.2) is 0 Å². The van der Waals surface area contributed by atoms with E-state index in [1.807, 2.05) is 0 Å². The molecule has 1 nitrogen and oxygen atoms in total. The van der Waals surface area contributed by atoms with Gasteiger partial charge >= 0.3 is 0 Å². The summed E-state index contributed by atoms with van der Waals surface area (Å²) in [5.41, 5.74) is 4.26. The quantitative estimate of drug-likeness (QED) is 0.707. The third-order valence-corrected chi connectivity index (χ3v) is 2.65. The Morgan fingerprint density at radius 3 is 2.29 bits per heavy atom. The van der Waals surface area contributed by atoms with Crippen molar-refractivity contribution in [2.24, 2.45) is 0 Å². The van der Waals surface area contributed by atoms with Gasteiger partial charge < -0.3 is 4.90 Å². The zero-order chi connectivity index (χ0) is 10.7.